The summed E-state index contributed by atoms with van der Waals surface area (Å²) in [4.78, 5) is 46.3. The van der Waals surface area contributed by atoms with Gasteiger partial charge < -0.3 is 10.2 Å². The molecule has 0 unspecified atom stereocenters. The molecule has 2 amide bonds. The molecule has 10 heteroatoms. The van der Waals surface area contributed by atoms with Gasteiger partial charge in [-0.1, -0.05) is 0 Å². The summed E-state index contributed by atoms with van der Waals surface area (Å²) in [6, 6.07) is 9.47. The lowest BCUT2D eigenvalue weighted by molar-refractivity contribution is -0.385. The number of anilines is 2. The van der Waals surface area contributed by atoms with Gasteiger partial charge in [0.15, 0.2) is 0 Å². The van der Waals surface area contributed by atoms with Gasteiger partial charge in [0.1, 0.15) is 6.54 Å². The minimum atomic E-state index is -0.548. The fourth-order valence-corrected chi connectivity index (χ4v) is 2.84. The van der Waals surface area contributed by atoms with Gasteiger partial charge >= 0.3 is 0 Å². The van der Waals surface area contributed by atoms with Crippen LogP contribution in [0.15, 0.2) is 42.5 Å². The van der Waals surface area contributed by atoms with Crippen LogP contribution < -0.4 is 10.2 Å². The zero-order valence-electron chi connectivity index (χ0n) is 14.0. The first-order valence-corrected chi connectivity index (χ1v) is 7.97. The van der Waals surface area contributed by atoms with Crippen molar-refractivity contribution in [3.05, 3.63) is 68.3 Å². The highest BCUT2D eigenvalue weighted by Gasteiger charge is 2.27. The van der Waals surface area contributed by atoms with Crippen LogP contribution in [0.4, 0.5) is 22.7 Å². The van der Waals surface area contributed by atoms with Gasteiger partial charge in [-0.3, -0.25) is 29.8 Å². The standard InChI is InChI=1S/C17H14N4O6/c22-16(18-12-2-4-13(5-3-12)20(24)25)10-19-15-7-6-14(21(26)27)9-11(15)1-8-17(19)23/h2-7,9H,1,8,10H2,(H,18,22). The second-order valence-corrected chi connectivity index (χ2v) is 5.90. The van der Waals surface area contributed by atoms with E-state index in [-0.39, 0.29) is 30.2 Å². The zero-order chi connectivity index (χ0) is 19.6. The zero-order valence-corrected chi connectivity index (χ0v) is 14.0. The summed E-state index contributed by atoms with van der Waals surface area (Å²) >= 11 is 0. The molecule has 0 radical (unpaired) electrons. The van der Waals surface area contributed by atoms with Crippen molar-refractivity contribution in [3.63, 3.8) is 0 Å². The van der Waals surface area contributed by atoms with E-state index < -0.39 is 15.8 Å². The van der Waals surface area contributed by atoms with E-state index in [9.17, 15) is 29.8 Å². The van der Waals surface area contributed by atoms with Crippen LogP contribution in [-0.2, 0) is 16.0 Å². The first-order chi connectivity index (χ1) is 12.8. The molecule has 1 N–H and O–H groups in total. The number of hydrogen-bond donors (Lipinski definition) is 1. The van der Waals surface area contributed by atoms with Crippen LogP contribution in [0, 0.1) is 20.2 Å². The Labute approximate surface area is 152 Å². The number of nitro groups is 2. The molecule has 0 bridgehead atoms. The Hall–Kier alpha value is -3.82. The van der Waals surface area contributed by atoms with Gasteiger partial charge in [-0.05, 0) is 30.2 Å². The fourth-order valence-electron chi connectivity index (χ4n) is 2.84. The largest absolute Gasteiger partial charge is 0.325 e. The highest BCUT2D eigenvalue weighted by atomic mass is 16.6. The van der Waals surface area contributed by atoms with Crippen LogP contribution in [-0.4, -0.2) is 28.2 Å². The van der Waals surface area contributed by atoms with Crippen molar-refractivity contribution in [2.24, 2.45) is 0 Å². The number of nitro benzene ring substituents is 2. The van der Waals surface area contributed by atoms with E-state index >= 15 is 0 Å². The second kappa shape index (κ2) is 7.20. The van der Waals surface area contributed by atoms with E-state index in [1.54, 1.807) is 0 Å². The number of benzene rings is 2. The normalized spacial score (nSPS) is 13.0. The number of hydrogen-bond acceptors (Lipinski definition) is 6. The van der Waals surface area contributed by atoms with Crippen molar-refractivity contribution in [2.75, 3.05) is 16.8 Å². The lowest BCUT2D eigenvalue weighted by atomic mass is 10.0. The third-order valence-corrected chi connectivity index (χ3v) is 4.14. The molecule has 2 aromatic carbocycles. The van der Waals surface area contributed by atoms with Gasteiger partial charge in [0.05, 0.1) is 9.85 Å². The fraction of sp³-hybridized carbons (Fsp3) is 0.176. The minimum Gasteiger partial charge on any atom is -0.325 e. The van der Waals surface area contributed by atoms with Gasteiger partial charge in [0.25, 0.3) is 11.4 Å². The molecule has 3 rings (SSSR count). The van der Waals surface area contributed by atoms with E-state index in [4.69, 9.17) is 0 Å². The third-order valence-electron chi connectivity index (χ3n) is 4.14. The number of nitrogens with one attached hydrogen (secondary N) is 1. The first-order valence-electron chi connectivity index (χ1n) is 7.97. The molecule has 0 atom stereocenters. The lowest BCUT2D eigenvalue weighted by Crippen LogP contribution is -2.40. The van der Waals surface area contributed by atoms with E-state index in [2.05, 4.69) is 5.32 Å². The summed E-state index contributed by atoms with van der Waals surface area (Å²) in [6.07, 6.45) is 0.523. The number of amides is 2. The Morgan fingerprint density at radius 1 is 1.00 bits per heavy atom. The van der Waals surface area contributed by atoms with Crippen molar-refractivity contribution in [3.8, 4) is 0 Å². The quantitative estimate of drug-likeness (QED) is 0.634. The summed E-state index contributed by atoms with van der Waals surface area (Å²) in [6.45, 7) is -0.263. The maximum atomic E-state index is 12.3. The Bertz CT molecular complexity index is 941. The number of nitrogens with zero attached hydrogens (tertiary/aromatic N) is 3. The Kier molecular flexibility index (Phi) is 4.79. The van der Waals surface area contributed by atoms with Gasteiger partial charge in [0.2, 0.25) is 11.8 Å². The van der Waals surface area contributed by atoms with Crippen molar-refractivity contribution >= 4 is 34.6 Å². The van der Waals surface area contributed by atoms with Crippen molar-refractivity contribution in [2.45, 2.75) is 12.8 Å². The Balaban J connectivity index is 1.75. The van der Waals surface area contributed by atoms with Crippen molar-refractivity contribution < 1.29 is 19.4 Å². The number of carbonyl (C=O) groups is 2. The van der Waals surface area contributed by atoms with Gasteiger partial charge in [-0.2, -0.15) is 0 Å². The maximum absolute atomic E-state index is 12.3. The topological polar surface area (TPSA) is 136 Å². The highest BCUT2D eigenvalue weighted by Crippen LogP contribution is 2.31. The molecule has 0 spiro atoms. The molecule has 1 heterocycles. The Morgan fingerprint density at radius 2 is 1.63 bits per heavy atom. The minimum absolute atomic E-state index is 0.0709. The Morgan fingerprint density at radius 3 is 2.26 bits per heavy atom. The summed E-state index contributed by atoms with van der Waals surface area (Å²) in [5, 5.41) is 24.1. The van der Waals surface area contributed by atoms with Crippen LogP contribution >= 0.6 is 0 Å². The molecular formula is C17H14N4O6. The molecule has 0 saturated carbocycles. The van der Waals surface area contributed by atoms with Gasteiger partial charge in [0, 0.05) is 42.1 Å². The van der Waals surface area contributed by atoms with Crippen LogP contribution in [0.1, 0.15) is 12.0 Å². The van der Waals surface area contributed by atoms with E-state index in [1.165, 1.54) is 47.4 Å². The molecular weight excluding hydrogens is 356 g/mol. The highest BCUT2D eigenvalue weighted by molar-refractivity contribution is 6.04. The number of non-ortho nitro benzene ring substituents is 2. The molecule has 1 aliphatic heterocycles. The van der Waals surface area contributed by atoms with E-state index in [1.807, 2.05) is 0 Å². The number of aryl methyl sites for hydroxylation is 1. The lowest BCUT2D eigenvalue weighted by Gasteiger charge is -2.28. The maximum Gasteiger partial charge on any atom is 0.269 e. The monoisotopic (exact) mass is 370 g/mol. The number of fused-ring (bicyclic) bond motifs is 1. The molecule has 10 nitrogen and oxygen atoms in total. The average molecular weight is 370 g/mol. The summed E-state index contributed by atoms with van der Waals surface area (Å²) < 4.78 is 0. The molecule has 138 valence electrons. The van der Waals surface area contributed by atoms with Crippen LogP contribution in [0.3, 0.4) is 0 Å². The van der Waals surface area contributed by atoms with Gasteiger partial charge in [-0.15, -0.1) is 0 Å². The van der Waals surface area contributed by atoms with Crippen molar-refractivity contribution in [1.82, 2.24) is 0 Å². The number of rotatable bonds is 5. The van der Waals surface area contributed by atoms with E-state index in [0.29, 0.717) is 23.4 Å². The van der Waals surface area contributed by atoms with Gasteiger partial charge in [-0.25, -0.2) is 0 Å². The molecule has 0 saturated heterocycles. The summed E-state index contributed by atoms with van der Waals surface area (Å²) in [7, 11) is 0. The molecule has 1 aliphatic rings. The predicted octanol–water partition coefficient (Wildman–Crippen LogP) is 2.42. The molecule has 2 aromatic rings. The molecule has 0 aromatic heterocycles. The first kappa shape index (κ1) is 18.0. The predicted molar refractivity (Wildman–Crippen MR) is 95.5 cm³/mol. The summed E-state index contributed by atoms with van der Waals surface area (Å²) in [5.74, 6) is -0.737. The second-order valence-electron chi connectivity index (χ2n) is 5.90. The SMILES string of the molecule is O=C(CN1C(=O)CCc2cc([N+](=O)[O-])ccc21)Nc1ccc([N+](=O)[O-])cc1. The van der Waals surface area contributed by atoms with Crippen LogP contribution in [0.2, 0.25) is 0 Å². The van der Waals surface area contributed by atoms with Crippen LogP contribution in [0.25, 0.3) is 0 Å². The number of carbonyl (C=O) groups excluding carboxylic acids is 2. The van der Waals surface area contributed by atoms with Crippen LogP contribution in [0.5, 0.6) is 0 Å². The summed E-state index contributed by atoms with van der Waals surface area (Å²) in [5.41, 5.74) is 1.29. The average Bonchev–Trinajstić information content (AvgIpc) is 2.64. The molecule has 0 aliphatic carbocycles. The smallest absolute Gasteiger partial charge is 0.269 e. The van der Waals surface area contributed by atoms with E-state index in [0.717, 1.165) is 0 Å². The molecule has 27 heavy (non-hydrogen) atoms. The third kappa shape index (κ3) is 3.89. The van der Waals surface area contributed by atoms with Crippen molar-refractivity contribution in [1.29, 1.82) is 0 Å². The molecule has 0 fully saturated rings.